The van der Waals surface area contributed by atoms with Crippen molar-refractivity contribution in [1.82, 2.24) is 4.57 Å². The third kappa shape index (κ3) is 4.50. The van der Waals surface area contributed by atoms with E-state index < -0.39 is 5.97 Å². The van der Waals surface area contributed by atoms with E-state index in [2.05, 4.69) is 4.57 Å². The van der Waals surface area contributed by atoms with E-state index in [1.807, 2.05) is 62.4 Å². The molecule has 0 aliphatic rings. The van der Waals surface area contributed by atoms with Crippen molar-refractivity contribution in [3.8, 4) is 11.8 Å². The van der Waals surface area contributed by atoms with Crippen molar-refractivity contribution in [2.45, 2.75) is 27.3 Å². The van der Waals surface area contributed by atoms with Crippen molar-refractivity contribution in [3.05, 3.63) is 69.9 Å². The minimum Gasteiger partial charge on any atom is -0.492 e. The molecule has 1 aromatic heterocycles. The molecule has 5 nitrogen and oxygen atoms in total. The van der Waals surface area contributed by atoms with Gasteiger partial charge in [0.15, 0.2) is 0 Å². The highest BCUT2D eigenvalue weighted by Crippen LogP contribution is 2.28. The van der Waals surface area contributed by atoms with Crippen molar-refractivity contribution in [2.24, 2.45) is 0 Å². The number of nitriles is 1. The van der Waals surface area contributed by atoms with Gasteiger partial charge in [-0.2, -0.15) is 5.26 Å². The predicted molar refractivity (Wildman–Crippen MR) is 119 cm³/mol. The second-order valence-corrected chi connectivity index (χ2v) is 7.22. The van der Waals surface area contributed by atoms with Crippen LogP contribution < -0.4 is 4.74 Å². The predicted octanol–water partition coefficient (Wildman–Crippen LogP) is 5.46. The van der Waals surface area contributed by atoms with Gasteiger partial charge in [0.25, 0.3) is 0 Å². The van der Waals surface area contributed by atoms with E-state index in [-0.39, 0.29) is 12.2 Å². The van der Waals surface area contributed by atoms with Crippen molar-refractivity contribution in [1.29, 1.82) is 5.26 Å². The Morgan fingerprint density at radius 1 is 1.23 bits per heavy atom. The van der Waals surface area contributed by atoms with Crippen molar-refractivity contribution < 1.29 is 14.3 Å². The third-order valence-electron chi connectivity index (χ3n) is 4.90. The lowest BCUT2D eigenvalue weighted by atomic mass is 10.1. The Morgan fingerprint density at radius 3 is 2.70 bits per heavy atom. The number of para-hydroxylation sites is 1. The van der Waals surface area contributed by atoms with E-state index in [0.717, 1.165) is 33.5 Å². The number of hydrogen-bond donors (Lipinski definition) is 0. The quantitative estimate of drug-likeness (QED) is 0.288. The van der Waals surface area contributed by atoms with Gasteiger partial charge in [-0.3, -0.25) is 0 Å². The Bertz CT molecular complexity index is 1160. The van der Waals surface area contributed by atoms with Crippen LogP contribution in [0.25, 0.3) is 17.0 Å². The smallest absolute Gasteiger partial charge is 0.348 e. The lowest BCUT2D eigenvalue weighted by molar-refractivity contribution is -0.137. The Kier molecular flexibility index (Phi) is 6.81. The summed E-state index contributed by atoms with van der Waals surface area (Å²) in [5.41, 5.74) is 3.74. The molecule has 2 aromatic carbocycles. The van der Waals surface area contributed by atoms with Crippen LogP contribution in [0.2, 0.25) is 5.02 Å². The summed E-state index contributed by atoms with van der Waals surface area (Å²) in [6.45, 7) is 6.92. The molecule has 3 rings (SSSR count). The molecule has 6 heteroatoms. The molecular formula is C24H23ClN2O3. The molecule has 0 N–H and O–H groups in total. The summed E-state index contributed by atoms with van der Waals surface area (Å²) in [6.07, 6.45) is 1.61. The minimum atomic E-state index is -0.613. The van der Waals surface area contributed by atoms with Gasteiger partial charge in [-0.1, -0.05) is 29.8 Å². The molecule has 3 aromatic rings. The number of aromatic nitrogens is 1. The van der Waals surface area contributed by atoms with E-state index in [9.17, 15) is 10.1 Å². The maximum atomic E-state index is 12.1. The van der Waals surface area contributed by atoms with Crippen molar-refractivity contribution in [2.75, 3.05) is 13.2 Å². The Labute approximate surface area is 181 Å². The van der Waals surface area contributed by atoms with E-state index in [1.54, 1.807) is 13.0 Å². The zero-order valence-corrected chi connectivity index (χ0v) is 18.0. The van der Waals surface area contributed by atoms with Gasteiger partial charge in [0, 0.05) is 27.2 Å². The molecule has 0 aliphatic heterocycles. The summed E-state index contributed by atoms with van der Waals surface area (Å²) in [4.78, 5) is 12.1. The topological polar surface area (TPSA) is 64.2 Å². The summed E-state index contributed by atoms with van der Waals surface area (Å²) in [5.74, 6) is 0.151. The van der Waals surface area contributed by atoms with Crippen LogP contribution in [0.1, 0.15) is 23.7 Å². The first-order chi connectivity index (χ1) is 14.5. The number of nitrogens with zero attached hydrogens (tertiary/aromatic N) is 2. The van der Waals surface area contributed by atoms with Gasteiger partial charge in [0.05, 0.1) is 13.2 Å². The van der Waals surface area contributed by atoms with Gasteiger partial charge in [-0.05, 0) is 56.7 Å². The molecule has 1 heterocycles. The highest BCUT2D eigenvalue weighted by molar-refractivity contribution is 6.31. The van der Waals surface area contributed by atoms with Gasteiger partial charge in [-0.15, -0.1) is 0 Å². The number of aryl methyl sites for hydroxylation is 1. The zero-order chi connectivity index (χ0) is 21.7. The van der Waals surface area contributed by atoms with Gasteiger partial charge >= 0.3 is 5.97 Å². The fourth-order valence-corrected chi connectivity index (χ4v) is 3.50. The molecular weight excluding hydrogens is 400 g/mol. The van der Waals surface area contributed by atoms with Crippen LogP contribution in [0.15, 0.2) is 48.0 Å². The van der Waals surface area contributed by atoms with Crippen LogP contribution in [0.3, 0.4) is 0 Å². The largest absolute Gasteiger partial charge is 0.492 e. The van der Waals surface area contributed by atoms with Crippen molar-refractivity contribution in [3.63, 3.8) is 0 Å². The number of ether oxygens (including phenoxy) is 2. The summed E-state index contributed by atoms with van der Waals surface area (Å²) >= 11 is 6.07. The number of hydrogen-bond acceptors (Lipinski definition) is 4. The zero-order valence-electron chi connectivity index (χ0n) is 17.2. The van der Waals surface area contributed by atoms with Crippen LogP contribution in [-0.4, -0.2) is 23.8 Å². The Hall–Kier alpha value is -3.23. The number of halogens is 1. The highest BCUT2D eigenvalue weighted by atomic mass is 35.5. The summed E-state index contributed by atoms with van der Waals surface area (Å²) in [5, 5.41) is 11.1. The molecule has 0 radical (unpaired) electrons. The molecule has 0 atom stereocenters. The molecule has 30 heavy (non-hydrogen) atoms. The van der Waals surface area contributed by atoms with Crippen LogP contribution >= 0.6 is 11.6 Å². The second-order valence-electron chi connectivity index (χ2n) is 6.82. The normalized spacial score (nSPS) is 11.4. The molecule has 0 aliphatic carbocycles. The van der Waals surface area contributed by atoms with Gasteiger partial charge in [0.2, 0.25) is 0 Å². The first kappa shape index (κ1) is 21.5. The summed E-state index contributed by atoms with van der Waals surface area (Å²) < 4.78 is 13.0. The maximum Gasteiger partial charge on any atom is 0.348 e. The molecule has 0 amide bonds. The van der Waals surface area contributed by atoms with E-state index in [0.29, 0.717) is 18.2 Å². The summed E-state index contributed by atoms with van der Waals surface area (Å²) in [7, 11) is 0. The Morgan fingerprint density at radius 2 is 2.00 bits per heavy atom. The number of carbonyl (C=O) groups is 1. The van der Waals surface area contributed by atoms with Crippen LogP contribution in [0.4, 0.5) is 0 Å². The SMILES string of the molecule is CCOC(=O)/C(C#N)=C/c1c(C)n(CCOc2ccc(Cl)c(C)c2)c2ccccc12. The lowest BCUT2D eigenvalue weighted by Gasteiger charge is -2.11. The van der Waals surface area contributed by atoms with E-state index in [4.69, 9.17) is 21.1 Å². The minimum absolute atomic E-state index is 0.0178. The summed E-state index contributed by atoms with van der Waals surface area (Å²) in [6, 6.07) is 15.4. The van der Waals surface area contributed by atoms with Crippen LogP contribution in [-0.2, 0) is 16.1 Å². The van der Waals surface area contributed by atoms with E-state index >= 15 is 0 Å². The molecule has 0 saturated heterocycles. The first-order valence-electron chi connectivity index (χ1n) is 9.72. The average Bonchev–Trinajstić information content (AvgIpc) is 3.00. The molecule has 0 unspecified atom stereocenters. The standard InChI is InChI=1S/C24H23ClN2O3/c1-4-29-24(28)18(15-26)14-21-17(3)27(23-8-6-5-7-20(21)23)11-12-30-19-9-10-22(25)16(2)13-19/h5-10,13-14H,4,11-12H2,1-3H3/b18-14+. The van der Waals surface area contributed by atoms with Gasteiger partial charge in [0.1, 0.15) is 24.0 Å². The van der Waals surface area contributed by atoms with Crippen LogP contribution in [0.5, 0.6) is 5.75 Å². The lowest BCUT2D eigenvalue weighted by Crippen LogP contribution is -2.10. The number of fused-ring (bicyclic) bond motifs is 1. The maximum absolute atomic E-state index is 12.1. The fourth-order valence-electron chi connectivity index (χ4n) is 3.38. The van der Waals surface area contributed by atoms with Gasteiger partial charge in [-0.25, -0.2) is 4.79 Å². The number of carbonyl (C=O) groups excluding carboxylic acids is 1. The molecule has 0 spiro atoms. The Balaban J connectivity index is 1.90. The highest BCUT2D eigenvalue weighted by Gasteiger charge is 2.16. The molecule has 0 bridgehead atoms. The number of benzene rings is 2. The number of esters is 1. The first-order valence-corrected chi connectivity index (χ1v) is 10.1. The monoisotopic (exact) mass is 422 g/mol. The third-order valence-corrected chi connectivity index (χ3v) is 5.32. The molecule has 154 valence electrons. The van der Waals surface area contributed by atoms with Crippen LogP contribution in [0, 0.1) is 25.2 Å². The second kappa shape index (κ2) is 9.51. The fraction of sp³-hybridized carbons (Fsp3) is 0.250. The molecule has 0 saturated carbocycles. The van der Waals surface area contributed by atoms with E-state index in [1.165, 1.54) is 0 Å². The number of rotatable bonds is 7. The average molecular weight is 423 g/mol. The van der Waals surface area contributed by atoms with Crippen molar-refractivity contribution >= 4 is 34.5 Å². The van der Waals surface area contributed by atoms with Gasteiger partial charge < -0.3 is 14.0 Å². The molecule has 0 fully saturated rings.